The van der Waals surface area contributed by atoms with E-state index in [4.69, 9.17) is 5.73 Å². The SMILES string of the molecule is CC(C)(C)C1([Si](C)(C)C)CCC1.CC(C)(C)C1CCC(N)CC1. The van der Waals surface area contributed by atoms with Crippen molar-refractivity contribution in [3.05, 3.63) is 0 Å². The van der Waals surface area contributed by atoms with E-state index >= 15 is 0 Å². The largest absolute Gasteiger partial charge is 0.328 e. The highest BCUT2D eigenvalue weighted by Crippen LogP contribution is 2.65. The molecule has 2 aliphatic carbocycles. The Balaban J connectivity index is 0.000000231. The van der Waals surface area contributed by atoms with Crippen molar-refractivity contribution in [2.45, 2.75) is 117 Å². The van der Waals surface area contributed by atoms with Gasteiger partial charge in [0.1, 0.15) is 0 Å². The molecular formula is C21H45NSi. The molecule has 2 fully saturated rings. The maximum absolute atomic E-state index is 5.84. The fourth-order valence-electron chi connectivity index (χ4n) is 5.14. The van der Waals surface area contributed by atoms with Gasteiger partial charge in [-0.15, -0.1) is 0 Å². The third-order valence-electron chi connectivity index (χ3n) is 7.08. The molecule has 0 saturated heterocycles. The zero-order valence-corrected chi connectivity index (χ0v) is 18.7. The van der Waals surface area contributed by atoms with Gasteiger partial charge in [-0.1, -0.05) is 67.6 Å². The molecule has 0 aliphatic heterocycles. The fraction of sp³-hybridized carbons (Fsp3) is 1.00. The fourth-order valence-corrected chi connectivity index (χ4v) is 9.24. The summed E-state index contributed by atoms with van der Waals surface area (Å²) < 4.78 is 0. The molecule has 0 amide bonds. The number of hydrogen-bond donors (Lipinski definition) is 1. The highest BCUT2D eigenvalue weighted by Gasteiger charge is 2.54. The van der Waals surface area contributed by atoms with Crippen LogP contribution >= 0.6 is 0 Å². The van der Waals surface area contributed by atoms with Crippen molar-refractivity contribution >= 4 is 8.07 Å². The van der Waals surface area contributed by atoms with E-state index in [-0.39, 0.29) is 0 Å². The Hall–Kier alpha value is 0.177. The van der Waals surface area contributed by atoms with Gasteiger partial charge in [0, 0.05) is 6.04 Å². The van der Waals surface area contributed by atoms with Crippen LogP contribution in [0.2, 0.25) is 24.7 Å². The molecule has 0 radical (unpaired) electrons. The molecule has 23 heavy (non-hydrogen) atoms. The monoisotopic (exact) mass is 339 g/mol. The normalized spacial score (nSPS) is 28.4. The Morgan fingerprint density at radius 1 is 0.826 bits per heavy atom. The molecule has 2 saturated carbocycles. The van der Waals surface area contributed by atoms with Crippen LogP contribution < -0.4 is 5.73 Å². The zero-order chi connectivity index (χ0) is 18.1. The molecule has 2 aliphatic rings. The summed E-state index contributed by atoms with van der Waals surface area (Å²) in [6.45, 7) is 21.9. The number of nitrogens with two attached hydrogens (primary N) is 1. The maximum Gasteiger partial charge on any atom is 0.0512 e. The molecule has 0 aromatic rings. The minimum atomic E-state index is -0.959. The molecule has 0 spiro atoms. The van der Waals surface area contributed by atoms with Gasteiger partial charge in [-0.3, -0.25) is 0 Å². The van der Waals surface area contributed by atoms with Crippen molar-refractivity contribution in [3.63, 3.8) is 0 Å². The first-order valence-electron chi connectivity index (χ1n) is 9.96. The third-order valence-corrected chi connectivity index (χ3v) is 11.2. The van der Waals surface area contributed by atoms with Crippen LogP contribution in [0.4, 0.5) is 0 Å². The van der Waals surface area contributed by atoms with Crippen LogP contribution in [0.5, 0.6) is 0 Å². The Labute approximate surface area is 148 Å². The van der Waals surface area contributed by atoms with Gasteiger partial charge in [0.2, 0.25) is 0 Å². The van der Waals surface area contributed by atoms with E-state index in [0.717, 1.165) is 11.0 Å². The molecule has 0 heterocycles. The van der Waals surface area contributed by atoms with Crippen LogP contribution in [-0.4, -0.2) is 14.1 Å². The van der Waals surface area contributed by atoms with Gasteiger partial charge in [-0.2, -0.15) is 0 Å². The van der Waals surface area contributed by atoms with Crippen LogP contribution in [0.25, 0.3) is 0 Å². The van der Waals surface area contributed by atoms with Crippen molar-refractivity contribution in [3.8, 4) is 0 Å². The first kappa shape index (κ1) is 21.2. The topological polar surface area (TPSA) is 26.0 Å². The van der Waals surface area contributed by atoms with Crippen LogP contribution in [0.3, 0.4) is 0 Å². The first-order chi connectivity index (χ1) is 10.2. The molecule has 0 aromatic carbocycles. The summed E-state index contributed by atoms with van der Waals surface area (Å²) in [5, 5.41) is 0.736. The average molecular weight is 340 g/mol. The molecule has 0 aromatic heterocycles. The van der Waals surface area contributed by atoms with Gasteiger partial charge < -0.3 is 5.73 Å². The van der Waals surface area contributed by atoms with E-state index in [1.54, 1.807) is 0 Å². The molecule has 0 bridgehead atoms. The summed E-state index contributed by atoms with van der Waals surface area (Å²) in [7, 11) is -0.959. The van der Waals surface area contributed by atoms with E-state index in [1.807, 2.05) is 0 Å². The second kappa shape index (κ2) is 7.20. The van der Waals surface area contributed by atoms with E-state index in [9.17, 15) is 0 Å². The summed E-state index contributed by atoms with van der Waals surface area (Å²) in [6, 6.07) is 0.494. The van der Waals surface area contributed by atoms with Crippen LogP contribution in [0, 0.1) is 16.7 Å². The van der Waals surface area contributed by atoms with Gasteiger partial charge in [0.05, 0.1) is 8.07 Å². The van der Waals surface area contributed by atoms with Gasteiger partial charge in [0.15, 0.2) is 0 Å². The molecule has 0 unspecified atom stereocenters. The molecular weight excluding hydrogens is 294 g/mol. The highest BCUT2D eigenvalue weighted by atomic mass is 28.3. The lowest BCUT2D eigenvalue weighted by Gasteiger charge is -2.59. The summed E-state index contributed by atoms with van der Waals surface area (Å²) >= 11 is 0. The standard InChI is InChI=1S/C11H24Si.C10H21N/c1-10(2,3)11(8-7-9-11)12(4,5)6;1-10(2,3)8-4-6-9(11)7-5-8/h7-9H2,1-6H3;8-9H,4-7,11H2,1-3H3. The minimum absolute atomic E-state index is 0.494. The maximum atomic E-state index is 5.84. The summed E-state index contributed by atoms with van der Waals surface area (Å²) in [6.07, 6.45) is 9.61. The van der Waals surface area contributed by atoms with E-state index < -0.39 is 8.07 Å². The second-order valence-corrected chi connectivity index (χ2v) is 16.9. The van der Waals surface area contributed by atoms with Crippen LogP contribution in [0.1, 0.15) is 86.5 Å². The first-order valence-corrected chi connectivity index (χ1v) is 13.5. The Kier molecular flexibility index (Phi) is 6.64. The van der Waals surface area contributed by atoms with Gasteiger partial charge >= 0.3 is 0 Å². The highest BCUT2D eigenvalue weighted by molar-refractivity contribution is 6.79. The second-order valence-electron chi connectivity index (χ2n) is 11.4. The molecule has 138 valence electrons. The van der Waals surface area contributed by atoms with E-state index in [0.29, 0.717) is 16.9 Å². The lowest BCUT2D eigenvalue weighted by Crippen LogP contribution is -2.52. The predicted molar refractivity (Wildman–Crippen MR) is 109 cm³/mol. The molecule has 1 nitrogen and oxygen atoms in total. The average Bonchev–Trinajstić information content (AvgIpc) is 2.22. The predicted octanol–water partition coefficient (Wildman–Crippen LogP) is 6.85. The lowest BCUT2D eigenvalue weighted by atomic mass is 9.67. The molecule has 2 heteroatoms. The Morgan fingerprint density at radius 3 is 1.43 bits per heavy atom. The third kappa shape index (κ3) is 5.08. The van der Waals surface area contributed by atoms with Crippen molar-refractivity contribution in [1.82, 2.24) is 0 Å². The molecule has 2 rings (SSSR count). The van der Waals surface area contributed by atoms with Crippen molar-refractivity contribution in [1.29, 1.82) is 0 Å². The van der Waals surface area contributed by atoms with Gasteiger partial charge in [-0.25, -0.2) is 0 Å². The summed E-state index contributed by atoms with van der Waals surface area (Å²) in [5.74, 6) is 0.905. The van der Waals surface area contributed by atoms with Crippen molar-refractivity contribution in [2.75, 3.05) is 0 Å². The number of rotatable bonds is 1. The smallest absolute Gasteiger partial charge is 0.0512 e. The zero-order valence-electron chi connectivity index (χ0n) is 17.7. The van der Waals surface area contributed by atoms with Gasteiger partial charge in [0.25, 0.3) is 0 Å². The van der Waals surface area contributed by atoms with E-state index in [1.165, 1.54) is 44.9 Å². The minimum Gasteiger partial charge on any atom is -0.328 e. The molecule has 0 atom stereocenters. The quantitative estimate of drug-likeness (QED) is 0.520. The summed E-state index contributed by atoms with van der Waals surface area (Å²) in [4.78, 5) is 0. The summed E-state index contributed by atoms with van der Waals surface area (Å²) in [5.41, 5.74) is 6.88. The van der Waals surface area contributed by atoms with Crippen LogP contribution in [-0.2, 0) is 0 Å². The van der Waals surface area contributed by atoms with Crippen LogP contribution in [0.15, 0.2) is 0 Å². The Bertz CT molecular complexity index is 339. The van der Waals surface area contributed by atoms with E-state index in [2.05, 4.69) is 61.2 Å². The van der Waals surface area contributed by atoms with Crippen molar-refractivity contribution in [2.24, 2.45) is 22.5 Å². The van der Waals surface area contributed by atoms with Gasteiger partial charge in [-0.05, 0) is 60.3 Å². The molecule has 2 N–H and O–H groups in total. The Morgan fingerprint density at radius 2 is 1.26 bits per heavy atom. The number of hydrogen-bond acceptors (Lipinski definition) is 1. The van der Waals surface area contributed by atoms with Crippen molar-refractivity contribution < 1.29 is 0 Å². The lowest BCUT2D eigenvalue weighted by molar-refractivity contribution is 0.150.